The summed E-state index contributed by atoms with van der Waals surface area (Å²) in [6, 6.07) is 14.0. The van der Waals surface area contributed by atoms with Crippen molar-refractivity contribution in [3.05, 3.63) is 70.0 Å². The molecule has 1 heterocycles. The van der Waals surface area contributed by atoms with E-state index in [-0.39, 0.29) is 17.4 Å². The number of rotatable bonds is 9. The molecule has 1 aromatic heterocycles. The molecule has 5 nitrogen and oxygen atoms in total. The summed E-state index contributed by atoms with van der Waals surface area (Å²) < 4.78 is 2.03. The number of amides is 1. The van der Waals surface area contributed by atoms with Crippen LogP contribution in [-0.2, 0) is 10.5 Å². The number of halogens is 1. The SMILES string of the molecule is Cc1cccc(CSc2nnc(C(C)NC(=O)CC(C)CC(C)(C)C)n2-c2cc(Cl)ccc2C)c1. The lowest BCUT2D eigenvalue weighted by Gasteiger charge is -2.23. The van der Waals surface area contributed by atoms with Gasteiger partial charge < -0.3 is 5.32 Å². The van der Waals surface area contributed by atoms with Gasteiger partial charge in [0, 0.05) is 17.2 Å². The molecule has 0 fully saturated rings. The summed E-state index contributed by atoms with van der Waals surface area (Å²) in [5, 5.41) is 13.6. The van der Waals surface area contributed by atoms with Crippen LogP contribution in [0, 0.1) is 25.2 Å². The van der Waals surface area contributed by atoms with Gasteiger partial charge in [0.05, 0.1) is 11.7 Å². The summed E-state index contributed by atoms with van der Waals surface area (Å²) >= 11 is 8.00. The summed E-state index contributed by atoms with van der Waals surface area (Å²) in [6.07, 6.45) is 1.48. The number of aryl methyl sites for hydroxylation is 2. The summed E-state index contributed by atoms with van der Waals surface area (Å²) in [7, 11) is 0. The zero-order valence-electron chi connectivity index (χ0n) is 21.9. The van der Waals surface area contributed by atoms with E-state index >= 15 is 0 Å². The van der Waals surface area contributed by atoms with Crippen molar-refractivity contribution < 1.29 is 4.79 Å². The molecule has 0 radical (unpaired) electrons. The summed E-state index contributed by atoms with van der Waals surface area (Å²) in [5.41, 5.74) is 4.63. The highest BCUT2D eigenvalue weighted by Gasteiger charge is 2.24. The summed E-state index contributed by atoms with van der Waals surface area (Å²) in [4.78, 5) is 12.8. The topological polar surface area (TPSA) is 59.8 Å². The first-order valence-corrected chi connectivity index (χ1v) is 13.5. The third kappa shape index (κ3) is 7.84. The number of thioether (sulfide) groups is 1. The van der Waals surface area contributed by atoms with Crippen LogP contribution in [0.3, 0.4) is 0 Å². The minimum absolute atomic E-state index is 0.0283. The molecule has 0 saturated heterocycles. The Balaban J connectivity index is 1.86. The van der Waals surface area contributed by atoms with Gasteiger partial charge in [-0.25, -0.2) is 0 Å². The largest absolute Gasteiger partial charge is 0.346 e. The van der Waals surface area contributed by atoms with Crippen LogP contribution in [0.1, 0.15) is 76.0 Å². The highest BCUT2D eigenvalue weighted by Crippen LogP contribution is 2.31. The minimum Gasteiger partial charge on any atom is -0.346 e. The van der Waals surface area contributed by atoms with Crippen molar-refractivity contribution in [1.29, 1.82) is 0 Å². The molecular formula is C28H37ClN4OS. The molecule has 35 heavy (non-hydrogen) atoms. The molecule has 188 valence electrons. The van der Waals surface area contributed by atoms with Gasteiger partial charge in [0.2, 0.25) is 5.91 Å². The predicted octanol–water partition coefficient (Wildman–Crippen LogP) is 7.47. The van der Waals surface area contributed by atoms with E-state index in [1.54, 1.807) is 11.8 Å². The Morgan fingerprint density at radius 1 is 1.11 bits per heavy atom. The average molecular weight is 513 g/mol. The fourth-order valence-corrected chi connectivity index (χ4v) is 5.52. The molecule has 0 saturated carbocycles. The number of nitrogens with one attached hydrogen (secondary N) is 1. The lowest BCUT2D eigenvalue weighted by molar-refractivity contribution is -0.122. The van der Waals surface area contributed by atoms with Crippen LogP contribution in [0.15, 0.2) is 47.6 Å². The van der Waals surface area contributed by atoms with Crippen LogP contribution in [0.25, 0.3) is 5.69 Å². The Morgan fingerprint density at radius 3 is 2.54 bits per heavy atom. The summed E-state index contributed by atoms with van der Waals surface area (Å²) in [5.74, 6) is 1.79. The van der Waals surface area contributed by atoms with E-state index < -0.39 is 0 Å². The highest BCUT2D eigenvalue weighted by molar-refractivity contribution is 7.98. The van der Waals surface area contributed by atoms with Crippen LogP contribution in [-0.4, -0.2) is 20.7 Å². The van der Waals surface area contributed by atoms with Crippen molar-refractivity contribution in [1.82, 2.24) is 20.1 Å². The second kappa shape index (κ2) is 11.6. The molecule has 7 heteroatoms. The minimum atomic E-state index is -0.302. The van der Waals surface area contributed by atoms with Gasteiger partial charge in [-0.2, -0.15) is 0 Å². The molecule has 2 aromatic carbocycles. The molecule has 2 unspecified atom stereocenters. The number of benzene rings is 2. The normalized spacial score (nSPS) is 13.5. The second-order valence-corrected chi connectivity index (χ2v) is 12.1. The second-order valence-electron chi connectivity index (χ2n) is 10.7. The molecule has 2 atom stereocenters. The molecule has 0 aliphatic heterocycles. The maximum absolute atomic E-state index is 12.8. The zero-order valence-corrected chi connectivity index (χ0v) is 23.4. The van der Waals surface area contributed by atoms with Crippen LogP contribution < -0.4 is 5.32 Å². The number of carbonyl (C=O) groups excluding carboxylic acids is 1. The van der Waals surface area contributed by atoms with Crippen LogP contribution in [0.2, 0.25) is 5.02 Å². The van der Waals surface area contributed by atoms with Crippen LogP contribution >= 0.6 is 23.4 Å². The number of aromatic nitrogens is 3. The van der Waals surface area contributed by atoms with E-state index in [0.29, 0.717) is 23.2 Å². The maximum Gasteiger partial charge on any atom is 0.220 e. The van der Waals surface area contributed by atoms with Crippen molar-refractivity contribution in [3.8, 4) is 5.69 Å². The molecular weight excluding hydrogens is 476 g/mol. The fourth-order valence-electron chi connectivity index (χ4n) is 4.45. The first-order chi connectivity index (χ1) is 16.4. The van der Waals surface area contributed by atoms with Gasteiger partial charge in [-0.15, -0.1) is 10.2 Å². The standard InChI is InChI=1S/C28H37ClN4OS/c1-18-9-8-10-22(13-18)17-35-27-32-31-26(33(27)24-15-23(29)12-11-20(24)3)21(4)30-25(34)14-19(2)16-28(5,6)7/h8-13,15,19,21H,14,16-17H2,1-7H3,(H,30,34). The predicted molar refractivity (Wildman–Crippen MR) is 146 cm³/mol. The van der Waals surface area contributed by atoms with Crippen molar-refractivity contribution >= 4 is 29.3 Å². The Kier molecular flexibility index (Phi) is 9.05. The maximum atomic E-state index is 12.8. The van der Waals surface area contributed by atoms with Gasteiger partial charge in [-0.3, -0.25) is 9.36 Å². The smallest absolute Gasteiger partial charge is 0.220 e. The monoisotopic (exact) mass is 512 g/mol. The lowest BCUT2D eigenvalue weighted by Crippen LogP contribution is -2.30. The van der Waals surface area contributed by atoms with Gasteiger partial charge in [0.25, 0.3) is 0 Å². The van der Waals surface area contributed by atoms with E-state index in [0.717, 1.165) is 28.6 Å². The van der Waals surface area contributed by atoms with Crippen molar-refractivity contribution in [2.45, 2.75) is 78.3 Å². The van der Waals surface area contributed by atoms with Gasteiger partial charge in [0.1, 0.15) is 0 Å². The molecule has 0 bridgehead atoms. The Morgan fingerprint density at radius 2 is 1.86 bits per heavy atom. The fraction of sp³-hybridized carbons (Fsp3) is 0.464. The Labute approximate surface area is 219 Å². The first-order valence-electron chi connectivity index (χ1n) is 12.1. The molecule has 0 aliphatic rings. The molecule has 3 rings (SSSR count). The molecule has 0 aliphatic carbocycles. The van der Waals surface area contributed by atoms with E-state index in [2.05, 4.69) is 74.4 Å². The van der Waals surface area contributed by atoms with E-state index in [1.165, 1.54) is 11.1 Å². The Hall–Kier alpha value is -2.31. The van der Waals surface area contributed by atoms with Crippen LogP contribution in [0.4, 0.5) is 0 Å². The zero-order chi connectivity index (χ0) is 25.8. The average Bonchev–Trinajstić information content (AvgIpc) is 3.16. The highest BCUT2D eigenvalue weighted by atomic mass is 35.5. The van der Waals surface area contributed by atoms with Crippen molar-refractivity contribution in [2.75, 3.05) is 0 Å². The summed E-state index contributed by atoms with van der Waals surface area (Å²) in [6.45, 7) is 14.8. The van der Waals surface area contributed by atoms with Crippen LogP contribution in [0.5, 0.6) is 0 Å². The van der Waals surface area contributed by atoms with Crippen molar-refractivity contribution in [2.24, 2.45) is 11.3 Å². The third-order valence-electron chi connectivity index (χ3n) is 5.78. The molecule has 1 N–H and O–H groups in total. The molecule has 3 aromatic rings. The number of hydrogen-bond donors (Lipinski definition) is 1. The lowest BCUT2D eigenvalue weighted by atomic mass is 9.84. The van der Waals surface area contributed by atoms with E-state index in [9.17, 15) is 4.79 Å². The molecule has 0 spiro atoms. The van der Waals surface area contributed by atoms with E-state index in [4.69, 9.17) is 11.6 Å². The number of nitrogens with zero attached hydrogens (tertiary/aromatic N) is 3. The van der Waals surface area contributed by atoms with Gasteiger partial charge in [-0.1, -0.05) is 87.0 Å². The molecule has 1 amide bonds. The van der Waals surface area contributed by atoms with E-state index in [1.807, 2.05) is 36.6 Å². The van der Waals surface area contributed by atoms with Crippen molar-refractivity contribution in [3.63, 3.8) is 0 Å². The third-order valence-corrected chi connectivity index (χ3v) is 7.02. The Bertz CT molecular complexity index is 1170. The van der Waals surface area contributed by atoms with Gasteiger partial charge in [-0.05, 0) is 61.8 Å². The first kappa shape index (κ1) is 27.3. The number of hydrogen-bond acceptors (Lipinski definition) is 4. The van der Waals surface area contributed by atoms with Gasteiger partial charge in [0.15, 0.2) is 11.0 Å². The quantitative estimate of drug-likeness (QED) is 0.302. The number of carbonyl (C=O) groups is 1. The van der Waals surface area contributed by atoms with Gasteiger partial charge >= 0.3 is 0 Å².